The van der Waals surface area contributed by atoms with Gasteiger partial charge in [0.15, 0.2) is 5.78 Å². The highest BCUT2D eigenvalue weighted by Gasteiger charge is 2.34. The summed E-state index contributed by atoms with van der Waals surface area (Å²) in [6.07, 6.45) is 6.96. The molecule has 0 amide bonds. The van der Waals surface area contributed by atoms with Gasteiger partial charge < -0.3 is 5.32 Å². The number of carbonyl (C=O) groups is 1. The first kappa shape index (κ1) is 14.6. The van der Waals surface area contributed by atoms with Crippen molar-refractivity contribution in [1.82, 2.24) is 5.32 Å². The maximum atomic E-state index is 13.2. The van der Waals surface area contributed by atoms with E-state index < -0.39 is 11.6 Å². The van der Waals surface area contributed by atoms with E-state index in [1.54, 1.807) is 0 Å². The maximum Gasteiger partial charge on any atom is 0.154 e. The topological polar surface area (TPSA) is 29.1 Å². The van der Waals surface area contributed by atoms with Gasteiger partial charge in [0.05, 0.1) is 6.04 Å². The molecule has 1 N–H and O–H groups in total. The molecule has 3 rings (SSSR count). The summed E-state index contributed by atoms with van der Waals surface area (Å²) < 4.78 is 26.4. The summed E-state index contributed by atoms with van der Waals surface area (Å²) in [4.78, 5) is 12.4. The van der Waals surface area contributed by atoms with Gasteiger partial charge in [-0.2, -0.15) is 0 Å². The van der Waals surface area contributed by atoms with E-state index in [0.717, 1.165) is 25.3 Å². The summed E-state index contributed by atoms with van der Waals surface area (Å²) in [6.45, 7) is 0. The van der Waals surface area contributed by atoms with E-state index in [1.807, 2.05) is 0 Å². The lowest BCUT2D eigenvalue weighted by Gasteiger charge is -2.40. The molecule has 2 nitrogen and oxygen atoms in total. The molecule has 1 saturated heterocycles. The van der Waals surface area contributed by atoms with E-state index in [-0.39, 0.29) is 18.2 Å². The van der Waals surface area contributed by atoms with Gasteiger partial charge in [-0.05, 0) is 49.3 Å². The van der Waals surface area contributed by atoms with Crippen LogP contribution in [0.1, 0.15) is 44.1 Å². The van der Waals surface area contributed by atoms with Crippen molar-refractivity contribution in [3.63, 3.8) is 0 Å². The van der Waals surface area contributed by atoms with Gasteiger partial charge in [0.25, 0.3) is 0 Å². The third-order valence-corrected chi connectivity index (χ3v) is 4.84. The van der Waals surface area contributed by atoms with Crippen LogP contribution in [-0.4, -0.2) is 17.9 Å². The minimum atomic E-state index is -0.623. The number of ketones is 1. The van der Waals surface area contributed by atoms with Gasteiger partial charge >= 0.3 is 0 Å². The molecule has 0 bridgehead atoms. The second-order valence-corrected chi connectivity index (χ2v) is 6.37. The Morgan fingerprint density at radius 1 is 1.05 bits per heavy atom. The molecule has 1 heterocycles. The lowest BCUT2D eigenvalue weighted by molar-refractivity contribution is -0.121. The second-order valence-electron chi connectivity index (χ2n) is 6.37. The zero-order valence-electron chi connectivity index (χ0n) is 12.1. The number of hydrogen-bond acceptors (Lipinski definition) is 2. The fraction of sp³-hybridized carbons (Fsp3) is 0.588. The molecule has 1 aromatic carbocycles. The number of nitrogens with one attached hydrogen (secondary N) is 1. The van der Waals surface area contributed by atoms with E-state index in [9.17, 15) is 13.6 Å². The second kappa shape index (κ2) is 6.22. The fourth-order valence-electron chi connectivity index (χ4n) is 3.79. The third kappa shape index (κ3) is 3.49. The summed E-state index contributed by atoms with van der Waals surface area (Å²) in [5, 5.41) is 3.47. The predicted octanol–water partition coefficient (Wildman–Crippen LogP) is 3.39. The molecule has 2 fully saturated rings. The average molecular weight is 293 g/mol. The van der Waals surface area contributed by atoms with Crippen LogP contribution in [0.5, 0.6) is 0 Å². The summed E-state index contributed by atoms with van der Waals surface area (Å²) in [6, 6.07) is 3.61. The van der Waals surface area contributed by atoms with Gasteiger partial charge in [-0.1, -0.05) is 12.8 Å². The van der Waals surface area contributed by atoms with Crippen LogP contribution >= 0.6 is 0 Å². The molecule has 0 aromatic heterocycles. The van der Waals surface area contributed by atoms with Crippen molar-refractivity contribution in [3.05, 3.63) is 35.4 Å². The van der Waals surface area contributed by atoms with Crippen molar-refractivity contribution in [2.24, 2.45) is 5.92 Å². The van der Waals surface area contributed by atoms with E-state index in [2.05, 4.69) is 5.32 Å². The summed E-state index contributed by atoms with van der Waals surface area (Å²) in [5.74, 6) is -0.498. The average Bonchev–Trinajstić information content (AvgIpc) is 2.45. The van der Waals surface area contributed by atoms with E-state index in [0.29, 0.717) is 17.5 Å². The Labute approximate surface area is 123 Å². The molecule has 0 radical (unpaired) electrons. The van der Waals surface area contributed by atoms with Gasteiger partial charge in [-0.15, -0.1) is 0 Å². The number of rotatable bonds is 3. The molecule has 1 aliphatic heterocycles. The van der Waals surface area contributed by atoms with Crippen LogP contribution in [0.25, 0.3) is 0 Å². The molecule has 1 saturated carbocycles. The summed E-state index contributed by atoms with van der Waals surface area (Å²) in [7, 11) is 0. The van der Waals surface area contributed by atoms with Crippen LogP contribution in [0.15, 0.2) is 18.2 Å². The Morgan fingerprint density at radius 2 is 1.76 bits per heavy atom. The molecular formula is C17H21F2NO. The molecule has 2 aliphatic rings. The molecule has 3 atom stereocenters. The summed E-state index contributed by atoms with van der Waals surface area (Å²) >= 11 is 0. The minimum absolute atomic E-state index is 0.0454. The minimum Gasteiger partial charge on any atom is -0.304 e. The molecule has 0 spiro atoms. The van der Waals surface area contributed by atoms with Gasteiger partial charge in [-0.25, -0.2) is 8.78 Å². The Morgan fingerprint density at radius 3 is 2.52 bits per heavy atom. The number of carbonyl (C=O) groups excluding carboxylic acids is 1. The third-order valence-electron chi connectivity index (χ3n) is 4.84. The van der Waals surface area contributed by atoms with Crippen molar-refractivity contribution in [2.45, 2.75) is 57.0 Å². The number of piperidine rings is 1. The van der Waals surface area contributed by atoms with E-state index in [4.69, 9.17) is 0 Å². The van der Waals surface area contributed by atoms with Crippen LogP contribution < -0.4 is 5.32 Å². The lowest BCUT2D eigenvalue weighted by Crippen LogP contribution is -2.52. The zero-order chi connectivity index (χ0) is 14.8. The first-order chi connectivity index (χ1) is 10.1. The molecule has 3 unspecified atom stereocenters. The van der Waals surface area contributed by atoms with Gasteiger partial charge in [-0.3, -0.25) is 4.79 Å². The van der Waals surface area contributed by atoms with Gasteiger partial charge in [0.2, 0.25) is 0 Å². The standard InChI is InChI=1S/C17H21F2NO/c18-13-7-11(8-14(19)10-13)9-17(21)16-6-5-12-3-1-2-4-15(12)20-16/h7-8,10,12,15-16,20H,1-6,9H2. The molecule has 21 heavy (non-hydrogen) atoms. The Kier molecular flexibility index (Phi) is 4.34. The van der Waals surface area contributed by atoms with Crippen LogP contribution in [0.2, 0.25) is 0 Å². The number of halogens is 2. The van der Waals surface area contributed by atoms with Crippen LogP contribution in [-0.2, 0) is 11.2 Å². The van der Waals surface area contributed by atoms with Gasteiger partial charge in [0.1, 0.15) is 11.6 Å². The number of Topliss-reactive ketones (excluding diaryl/α,β-unsaturated/α-hetero) is 1. The Hall–Kier alpha value is -1.29. The van der Waals surface area contributed by atoms with Gasteiger partial charge in [0, 0.05) is 18.5 Å². The monoisotopic (exact) mass is 293 g/mol. The van der Waals surface area contributed by atoms with Crippen LogP contribution in [0.4, 0.5) is 8.78 Å². The largest absolute Gasteiger partial charge is 0.304 e. The zero-order valence-corrected chi connectivity index (χ0v) is 12.1. The van der Waals surface area contributed by atoms with Crippen molar-refractivity contribution in [3.8, 4) is 0 Å². The van der Waals surface area contributed by atoms with Crippen molar-refractivity contribution in [2.75, 3.05) is 0 Å². The number of hydrogen-bond donors (Lipinski definition) is 1. The fourth-order valence-corrected chi connectivity index (χ4v) is 3.79. The quantitative estimate of drug-likeness (QED) is 0.925. The van der Waals surface area contributed by atoms with Crippen molar-refractivity contribution in [1.29, 1.82) is 0 Å². The first-order valence-electron chi connectivity index (χ1n) is 7.85. The summed E-state index contributed by atoms with van der Waals surface area (Å²) in [5.41, 5.74) is 0.421. The van der Waals surface area contributed by atoms with E-state index in [1.165, 1.54) is 31.4 Å². The van der Waals surface area contributed by atoms with Crippen LogP contribution in [0, 0.1) is 17.6 Å². The maximum absolute atomic E-state index is 13.2. The van der Waals surface area contributed by atoms with Crippen molar-refractivity contribution < 1.29 is 13.6 Å². The smallest absolute Gasteiger partial charge is 0.154 e. The predicted molar refractivity (Wildman–Crippen MR) is 77.0 cm³/mol. The Balaban J connectivity index is 1.62. The highest BCUT2D eigenvalue weighted by atomic mass is 19.1. The number of fused-ring (bicyclic) bond motifs is 1. The lowest BCUT2D eigenvalue weighted by atomic mass is 9.77. The number of benzene rings is 1. The SMILES string of the molecule is O=C(Cc1cc(F)cc(F)c1)C1CCC2CCCCC2N1. The Bertz CT molecular complexity index is 511. The highest BCUT2D eigenvalue weighted by molar-refractivity contribution is 5.86. The highest BCUT2D eigenvalue weighted by Crippen LogP contribution is 2.32. The first-order valence-corrected chi connectivity index (χ1v) is 7.85. The molecule has 1 aliphatic carbocycles. The van der Waals surface area contributed by atoms with E-state index >= 15 is 0 Å². The normalized spacial score (nSPS) is 29.0. The molecule has 4 heteroatoms. The molecular weight excluding hydrogens is 272 g/mol. The molecule has 1 aromatic rings. The van der Waals surface area contributed by atoms with Crippen LogP contribution in [0.3, 0.4) is 0 Å². The van der Waals surface area contributed by atoms with Crippen molar-refractivity contribution >= 4 is 5.78 Å². The molecule has 114 valence electrons.